The van der Waals surface area contributed by atoms with Gasteiger partial charge in [-0.1, -0.05) is 30.3 Å². The van der Waals surface area contributed by atoms with Crippen LogP contribution in [0.1, 0.15) is 28.9 Å². The Morgan fingerprint density at radius 2 is 2.00 bits per heavy atom. The van der Waals surface area contributed by atoms with Crippen molar-refractivity contribution >= 4 is 24.0 Å². The molecule has 1 fully saturated rings. The van der Waals surface area contributed by atoms with E-state index < -0.39 is 0 Å². The molecule has 0 aliphatic carbocycles. The lowest BCUT2D eigenvalue weighted by molar-refractivity contribution is 0.0730. The molecule has 2 N–H and O–H groups in total. The average molecular weight is 318 g/mol. The van der Waals surface area contributed by atoms with Crippen molar-refractivity contribution in [3.63, 3.8) is 0 Å². The zero-order chi connectivity index (χ0) is 14.7. The highest BCUT2D eigenvalue weighted by Gasteiger charge is 2.29. The minimum atomic E-state index is 0. The molecule has 0 bridgehead atoms. The number of nitrogens with zero attached hydrogens (tertiary/aromatic N) is 2. The van der Waals surface area contributed by atoms with Gasteiger partial charge >= 0.3 is 0 Å². The third kappa shape index (κ3) is 3.57. The number of amides is 1. The second kappa shape index (κ2) is 7.27. The first-order valence-electron chi connectivity index (χ1n) is 7.30. The smallest absolute Gasteiger partial charge is 0.272 e. The van der Waals surface area contributed by atoms with Crippen molar-refractivity contribution in [2.75, 3.05) is 12.3 Å². The Kier molecular flexibility index (Phi) is 5.39. The standard InChI is InChI=1S/C17H19N3O.ClH/c18-14-8-9-16(19-12-14)17(21)20-10-4-7-15(20)11-13-5-2-1-3-6-13;/h1-3,5-6,8-9,12,15H,4,7,10-11,18H2;1H. The Hall–Kier alpha value is -2.07. The molecule has 4 nitrogen and oxygen atoms in total. The Bertz CT molecular complexity index is 616. The highest BCUT2D eigenvalue weighted by atomic mass is 35.5. The van der Waals surface area contributed by atoms with Gasteiger partial charge in [0.05, 0.1) is 11.9 Å². The van der Waals surface area contributed by atoms with Crippen molar-refractivity contribution in [2.24, 2.45) is 0 Å². The maximum absolute atomic E-state index is 12.6. The Balaban J connectivity index is 0.00000176. The molecule has 1 aromatic carbocycles. The molecule has 1 unspecified atom stereocenters. The number of pyridine rings is 1. The molecule has 1 aromatic heterocycles. The largest absolute Gasteiger partial charge is 0.397 e. The number of carbonyl (C=O) groups excluding carboxylic acids is 1. The van der Waals surface area contributed by atoms with Gasteiger partial charge in [-0.25, -0.2) is 4.98 Å². The molecule has 0 saturated carbocycles. The number of halogens is 1. The molecule has 1 aliphatic rings. The number of benzene rings is 1. The van der Waals surface area contributed by atoms with Crippen molar-refractivity contribution in [2.45, 2.75) is 25.3 Å². The van der Waals surface area contributed by atoms with E-state index in [1.807, 2.05) is 23.1 Å². The molecule has 22 heavy (non-hydrogen) atoms. The highest BCUT2D eigenvalue weighted by molar-refractivity contribution is 5.92. The Morgan fingerprint density at radius 1 is 1.23 bits per heavy atom. The topological polar surface area (TPSA) is 59.2 Å². The first-order valence-corrected chi connectivity index (χ1v) is 7.30. The number of nitrogens with two attached hydrogens (primary N) is 1. The molecule has 2 aromatic rings. The fourth-order valence-electron chi connectivity index (χ4n) is 2.88. The predicted octanol–water partition coefficient (Wildman–Crippen LogP) is 2.93. The van der Waals surface area contributed by atoms with E-state index in [9.17, 15) is 4.79 Å². The van der Waals surface area contributed by atoms with E-state index in [1.165, 1.54) is 11.8 Å². The highest BCUT2D eigenvalue weighted by Crippen LogP contribution is 2.23. The second-order valence-corrected chi connectivity index (χ2v) is 5.46. The Morgan fingerprint density at radius 3 is 2.68 bits per heavy atom. The minimum Gasteiger partial charge on any atom is -0.397 e. The molecule has 5 heteroatoms. The second-order valence-electron chi connectivity index (χ2n) is 5.46. The molecule has 0 spiro atoms. The van der Waals surface area contributed by atoms with E-state index in [4.69, 9.17) is 5.73 Å². The number of anilines is 1. The maximum atomic E-state index is 12.6. The normalized spacial score (nSPS) is 17.1. The molecule has 2 heterocycles. The number of nitrogen functional groups attached to an aromatic ring is 1. The predicted molar refractivity (Wildman–Crippen MR) is 90.1 cm³/mol. The number of likely N-dealkylation sites (tertiary alicyclic amines) is 1. The number of carbonyl (C=O) groups is 1. The molecule has 1 atom stereocenters. The summed E-state index contributed by atoms with van der Waals surface area (Å²) in [4.78, 5) is 18.7. The molecule has 1 aliphatic heterocycles. The minimum absolute atomic E-state index is 0. The summed E-state index contributed by atoms with van der Waals surface area (Å²) in [6.45, 7) is 0.808. The van der Waals surface area contributed by atoms with E-state index in [-0.39, 0.29) is 24.4 Å². The molecule has 1 amide bonds. The zero-order valence-electron chi connectivity index (χ0n) is 12.3. The third-order valence-electron chi connectivity index (χ3n) is 3.96. The lowest BCUT2D eigenvalue weighted by Gasteiger charge is -2.24. The molecule has 3 rings (SSSR count). The van der Waals surface area contributed by atoms with Gasteiger partial charge in [0.25, 0.3) is 5.91 Å². The van der Waals surface area contributed by atoms with E-state index in [0.717, 1.165) is 25.8 Å². The van der Waals surface area contributed by atoms with Gasteiger partial charge in [0.2, 0.25) is 0 Å². The van der Waals surface area contributed by atoms with E-state index in [2.05, 4.69) is 17.1 Å². The third-order valence-corrected chi connectivity index (χ3v) is 3.96. The monoisotopic (exact) mass is 317 g/mol. The number of hydrogen-bond donors (Lipinski definition) is 1. The lowest BCUT2D eigenvalue weighted by Crippen LogP contribution is -2.37. The Labute approximate surface area is 136 Å². The molecule has 1 saturated heterocycles. The average Bonchev–Trinajstić information content (AvgIpc) is 2.96. The van der Waals surface area contributed by atoms with Crippen LogP contribution in [0.15, 0.2) is 48.7 Å². The summed E-state index contributed by atoms with van der Waals surface area (Å²) < 4.78 is 0. The van der Waals surface area contributed by atoms with Gasteiger partial charge in [0.1, 0.15) is 5.69 Å². The van der Waals surface area contributed by atoms with Crippen LogP contribution >= 0.6 is 12.4 Å². The van der Waals surface area contributed by atoms with Crippen molar-refractivity contribution in [3.05, 3.63) is 59.9 Å². The van der Waals surface area contributed by atoms with Gasteiger partial charge in [0.15, 0.2) is 0 Å². The van der Waals surface area contributed by atoms with Crippen LogP contribution in [0.25, 0.3) is 0 Å². The molecule has 116 valence electrons. The van der Waals surface area contributed by atoms with Gasteiger partial charge in [-0.15, -0.1) is 12.4 Å². The van der Waals surface area contributed by atoms with Crippen LogP contribution in [0.4, 0.5) is 5.69 Å². The summed E-state index contributed by atoms with van der Waals surface area (Å²) in [6.07, 6.45) is 4.55. The molecular weight excluding hydrogens is 298 g/mol. The van der Waals surface area contributed by atoms with Crippen LogP contribution in [-0.4, -0.2) is 28.4 Å². The number of rotatable bonds is 3. The van der Waals surface area contributed by atoms with E-state index >= 15 is 0 Å². The summed E-state index contributed by atoms with van der Waals surface area (Å²) in [5.41, 5.74) is 7.95. The summed E-state index contributed by atoms with van der Waals surface area (Å²) in [5, 5.41) is 0. The number of aromatic nitrogens is 1. The van der Waals surface area contributed by atoms with Crippen molar-refractivity contribution in [1.82, 2.24) is 9.88 Å². The summed E-state index contributed by atoms with van der Waals surface area (Å²) in [6, 6.07) is 14.0. The molecule has 0 radical (unpaired) electrons. The first-order chi connectivity index (χ1) is 10.2. The number of hydrogen-bond acceptors (Lipinski definition) is 3. The van der Waals surface area contributed by atoms with E-state index in [1.54, 1.807) is 12.1 Å². The van der Waals surface area contributed by atoms with E-state index in [0.29, 0.717) is 11.4 Å². The zero-order valence-corrected chi connectivity index (χ0v) is 13.1. The van der Waals surface area contributed by atoms with Crippen LogP contribution in [0, 0.1) is 0 Å². The van der Waals surface area contributed by atoms with Crippen LogP contribution in [0.5, 0.6) is 0 Å². The first kappa shape index (κ1) is 16.3. The van der Waals surface area contributed by atoms with Crippen LogP contribution in [0.3, 0.4) is 0 Å². The van der Waals surface area contributed by atoms with Crippen molar-refractivity contribution < 1.29 is 4.79 Å². The summed E-state index contributed by atoms with van der Waals surface area (Å²) in [7, 11) is 0. The lowest BCUT2D eigenvalue weighted by atomic mass is 10.0. The quantitative estimate of drug-likeness (QED) is 0.947. The van der Waals surface area contributed by atoms with Crippen LogP contribution in [-0.2, 0) is 6.42 Å². The van der Waals surface area contributed by atoms with Gasteiger partial charge in [-0.3, -0.25) is 4.79 Å². The summed E-state index contributed by atoms with van der Waals surface area (Å²) >= 11 is 0. The fraction of sp³-hybridized carbons (Fsp3) is 0.294. The van der Waals surface area contributed by atoms with Gasteiger partial charge in [0, 0.05) is 12.6 Å². The SMILES string of the molecule is Cl.Nc1ccc(C(=O)N2CCCC2Cc2ccccc2)nc1. The van der Waals surface area contributed by atoms with Crippen molar-refractivity contribution in [1.29, 1.82) is 0 Å². The van der Waals surface area contributed by atoms with Gasteiger partial charge < -0.3 is 10.6 Å². The van der Waals surface area contributed by atoms with Crippen molar-refractivity contribution in [3.8, 4) is 0 Å². The van der Waals surface area contributed by atoms with Gasteiger partial charge in [-0.2, -0.15) is 0 Å². The van der Waals surface area contributed by atoms with Gasteiger partial charge in [-0.05, 0) is 37.0 Å². The molecular formula is C17H20ClN3O. The fourth-order valence-corrected chi connectivity index (χ4v) is 2.88. The maximum Gasteiger partial charge on any atom is 0.272 e. The van der Waals surface area contributed by atoms with Crippen LogP contribution < -0.4 is 5.73 Å². The summed E-state index contributed by atoms with van der Waals surface area (Å²) in [5.74, 6) is 0.00781. The van der Waals surface area contributed by atoms with Crippen LogP contribution in [0.2, 0.25) is 0 Å².